The molecule has 9 heteroatoms. The lowest BCUT2D eigenvalue weighted by Gasteiger charge is -2.69. The average molecular weight is 495 g/mol. The third-order valence-electron chi connectivity index (χ3n) is 6.83. The topological polar surface area (TPSA) is 79.8 Å². The number of hydrogen-bond acceptors (Lipinski definition) is 5. The highest BCUT2D eigenvalue weighted by atomic mass is 35.5. The summed E-state index contributed by atoms with van der Waals surface area (Å²) < 4.78 is 24.9. The van der Waals surface area contributed by atoms with E-state index in [1.807, 2.05) is 18.2 Å². The van der Waals surface area contributed by atoms with Crippen LogP contribution in [0.15, 0.2) is 36.4 Å². The van der Waals surface area contributed by atoms with Crippen LogP contribution in [0, 0.1) is 11.2 Å². The van der Waals surface area contributed by atoms with Crippen molar-refractivity contribution in [3.63, 3.8) is 0 Å². The fourth-order valence-corrected chi connectivity index (χ4v) is 5.58. The van der Waals surface area contributed by atoms with Gasteiger partial charge in [-0.3, -0.25) is 10.1 Å². The fourth-order valence-electron chi connectivity index (χ4n) is 5.27. The van der Waals surface area contributed by atoms with E-state index in [1.54, 1.807) is 6.07 Å². The van der Waals surface area contributed by atoms with Crippen molar-refractivity contribution in [1.82, 2.24) is 10.6 Å². The van der Waals surface area contributed by atoms with Gasteiger partial charge >= 0.3 is 0 Å². The van der Waals surface area contributed by atoms with Gasteiger partial charge in [0.05, 0.1) is 17.0 Å². The van der Waals surface area contributed by atoms with Crippen LogP contribution in [0.1, 0.15) is 31.2 Å². The zero-order chi connectivity index (χ0) is 23.2. The molecule has 1 amide bonds. The molecule has 3 aliphatic carbocycles. The average Bonchev–Trinajstić information content (AvgIpc) is 2.74. The van der Waals surface area contributed by atoms with Crippen molar-refractivity contribution < 1.29 is 23.8 Å². The van der Waals surface area contributed by atoms with E-state index in [9.17, 15) is 14.3 Å². The summed E-state index contributed by atoms with van der Waals surface area (Å²) in [4.78, 5) is 12.8. The molecule has 6 nitrogen and oxygen atoms in total. The SMILES string of the molecule is O=C(NCC1CCc2cc(Cl)ccc2O1)C12CC(NC(O)COc3ccc(Cl)c(F)c3)(C1)C2. The molecule has 0 aromatic heterocycles. The lowest BCUT2D eigenvalue weighted by atomic mass is 9.39. The van der Waals surface area contributed by atoms with Gasteiger partial charge < -0.3 is 19.9 Å². The molecule has 4 aliphatic rings. The number of aryl methyl sites for hydroxylation is 1. The molecule has 33 heavy (non-hydrogen) atoms. The molecular formula is C24H25Cl2FN2O4. The van der Waals surface area contributed by atoms with Crippen molar-refractivity contribution in [3.05, 3.63) is 57.8 Å². The molecule has 176 valence electrons. The molecule has 3 saturated carbocycles. The van der Waals surface area contributed by atoms with Crippen molar-refractivity contribution in [3.8, 4) is 11.5 Å². The number of aliphatic hydroxyl groups excluding tert-OH is 1. The van der Waals surface area contributed by atoms with E-state index < -0.39 is 12.0 Å². The highest BCUT2D eigenvalue weighted by Gasteiger charge is 2.71. The molecule has 2 unspecified atom stereocenters. The molecule has 3 N–H and O–H groups in total. The summed E-state index contributed by atoms with van der Waals surface area (Å²) >= 11 is 11.7. The molecule has 2 aromatic rings. The van der Waals surface area contributed by atoms with E-state index in [0.29, 0.717) is 36.6 Å². The number of amides is 1. The van der Waals surface area contributed by atoms with Gasteiger partial charge in [0.1, 0.15) is 36.3 Å². The van der Waals surface area contributed by atoms with Gasteiger partial charge in [0, 0.05) is 16.6 Å². The monoisotopic (exact) mass is 494 g/mol. The Morgan fingerprint density at radius 1 is 1.24 bits per heavy atom. The zero-order valence-corrected chi connectivity index (χ0v) is 19.4. The van der Waals surface area contributed by atoms with Crippen LogP contribution < -0.4 is 20.1 Å². The number of benzene rings is 2. The fraction of sp³-hybridized carbons (Fsp3) is 0.458. The largest absolute Gasteiger partial charge is 0.489 e. The Bertz CT molecular complexity index is 1060. The first kappa shape index (κ1) is 22.7. The lowest BCUT2D eigenvalue weighted by molar-refractivity contribution is -0.190. The molecule has 2 bridgehead atoms. The van der Waals surface area contributed by atoms with Crippen LogP contribution in [0.5, 0.6) is 11.5 Å². The number of halogens is 3. The Morgan fingerprint density at radius 2 is 2.03 bits per heavy atom. The number of ether oxygens (including phenoxy) is 2. The summed E-state index contributed by atoms with van der Waals surface area (Å²) in [6.07, 6.45) is 2.74. The van der Waals surface area contributed by atoms with Gasteiger partial charge in [-0.05, 0) is 68.0 Å². The quantitative estimate of drug-likeness (QED) is 0.485. The first-order valence-corrected chi connectivity index (χ1v) is 11.8. The first-order chi connectivity index (χ1) is 15.8. The van der Waals surface area contributed by atoms with Crippen molar-refractivity contribution in [2.24, 2.45) is 5.41 Å². The van der Waals surface area contributed by atoms with Crippen LogP contribution in [0.3, 0.4) is 0 Å². The third-order valence-corrected chi connectivity index (χ3v) is 7.37. The van der Waals surface area contributed by atoms with Gasteiger partial charge in [0.15, 0.2) is 0 Å². The molecule has 0 saturated heterocycles. The normalized spacial score (nSPS) is 27.9. The van der Waals surface area contributed by atoms with Crippen LogP contribution in [-0.2, 0) is 11.2 Å². The number of rotatable bonds is 8. The summed E-state index contributed by atoms with van der Waals surface area (Å²) in [5, 5.41) is 17.2. The van der Waals surface area contributed by atoms with E-state index in [0.717, 1.165) is 24.2 Å². The number of hydrogen-bond donors (Lipinski definition) is 3. The summed E-state index contributed by atoms with van der Waals surface area (Å²) in [6, 6.07) is 9.74. The summed E-state index contributed by atoms with van der Waals surface area (Å²) in [5.41, 5.74) is 0.485. The molecule has 1 aliphatic heterocycles. The Labute approximate surface area is 201 Å². The number of fused-ring (bicyclic) bond motifs is 1. The molecule has 2 aromatic carbocycles. The second-order valence-electron chi connectivity index (χ2n) is 9.38. The highest BCUT2D eigenvalue weighted by Crippen LogP contribution is 2.67. The van der Waals surface area contributed by atoms with Gasteiger partial charge in [-0.1, -0.05) is 23.2 Å². The van der Waals surface area contributed by atoms with Crippen molar-refractivity contribution >= 4 is 29.1 Å². The van der Waals surface area contributed by atoms with E-state index in [4.69, 9.17) is 32.7 Å². The summed E-state index contributed by atoms with van der Waals surface area (Å²) in [6.45, 7) is 0.435. The van der Waals surface area contributed by atoms with E-state index in [2.05, 4.69) is 10.6 Å². The van der Waals surface area contributed by atoms with E-state index >= 15 is 0 Å². The smallest absolute Gasteiger partial charge is 0.226 e. The Morgan fingerprint density at radius 3 is 2.79 bits per heavy atom. The van der Waals surface area contributed by atoms with E-state index in [1.165, 1.54) is 12.1 Å². The van der Waals surface area contributed by atoms with Crippen LogP contribution in [0.2, 0.25) is 10.0 Å². The Balaban J connectivity index is 1.04. The molecule has 6 rings (SSSR count). The van der Waals surface area contributed by atoms with Crippen molar-refractivity contribution in [2.75, 3.05) is 13.2 Å². The second kappa shape index (κ2) is 8.62. The number of nitrogens with one attached hydrogen (secondary N) is 2. The van der Waals surface area contributed by atoms with Gasteiger partial charge in [0.2, 0.25) is 5.91 Å². The predicted octanol–water partition coefficient (Wildman–Crippen LogP) is 3.85. The van der Waals surface area contributed by atoms with Crippen LogP contribution in [0.4, 0.5) is 4.39 Å². The number of carbonyl (C=O) groups excluding carboxylic acids is 1. The molecule has 2 atom stereocenters. The maximum absolute atomic E-state index is 13.5. The van der Waals surface area contributed by atoms with Gasteiger partial charge in [-0.2, -0.15) is 0 Å². The minimum Gasteiger partial charge on any atom is -0.489 e. The maximum Gasteiger partial charge on any atom is 0.226 e. The minimum absolute atomic E-state index is 0.0169. The number of aliphatic hydroxyl groups is 1. The summed E-state index contributed by atoms with van der Waals surface area (Å²) in [5.74, 6) is 0.591. The standard InChI is InChI=1S/C24H25Cl2FN2O4/c25-15-2-6-20-14(7-15)1-3-17(33-20)9-28-22(31)23-11-24(12-23,13-23)29-21(30)10-32-16-4-5-18(26)19(27)8-16/h2,4-8,17,21,29-30H,1,3,9-13H2,(H,28,31). The van der Waals surface area contributed by atoms with Gasteiger partial charge in [-0.15, -0.1) is 0 Å². The first-order valence-electron chi connectivity index (χ1n) is 11.0. The zero-order valence-electron chi connectivity index (χ0n) is 17.9. The Hall–Kier alpha value is -2.06. The maximum atomic E-state index is 13.5. The van der Waals surface area contributed by atoms with Crippen molar-refractivity contribution in [1.29, 1.82) is 0 Å². The van der Waals surface area contributed by atoms with Crippen LogP contribution >= 0.6 is 23.2 Å². The molecule has 3 fully saturated rings. The molecule has 0 radical (unpaired) electrons. The molecular weight excluding hydrogens is 470 g/mol. The Kier molecular flexibility index (Phi) is 5.93. The van der Waals surface area contributed by atoms with Crippen LogP contribution in [-0.4, -0.2) is 42.0 Å². The minimum atomic E-state index is -0.922. The predicted molar refractivity (Wildman–Crippen MR) is 122 cm³/mol. The third kappa shape index (κ3) is 4.52. The number of carbonyl (C=O) groups is 1. The lowest BCUT2D eigenvalue weighted by Crippen LogP contribution is -2.79. The van der Waals surface area contributed by atoms with Crippen LogP contribution in [0.25, 0.3) is 0 Å². The van der Waals surface area contributed by atoms with Gasteiger partial charge in [-0.25, -0.2) is 4.39 Å². The summed E-state index contributed by atoms with van der Waals surface area (Å²) in [7, 11) is 0. The van der Waals surface area contributed by atoms with Gasteiger partial charge in [0.25, 0.3) is 0 Å². The molecule has 1 heterocycles. The van der Waals surface area contributed by atoms with E-state index in [-0.39, 0.29) is 34.6 Å². The second-order valence-corrected chi connectivity index (χ2v) is 10.2. The molecule has 0 spiro atoms. The highest BCUT2D eigenvalue weighted by molar-refractivity contribution is 6.31. The van der Waals surface area contributed by atoms with Crippen molar-refractivity contribution in [2.45, 2.75) is 50.0 Å².